The predicted molar refractivity (Wildman–Crippen MR) is 61.7 cm³/mol. The van der Waals surface area contributed by atoms with Gasteiger partial charge in [-0.2, -0.15) is 4.39 Å². The average Bonchev–Trinajstić information content (AvgIpc) is 2.39. The number of hydrogen-bond acceptors (Lipinski definition) is 2. The van der Waals surface area contributed by atoms with Crippen molar-refractivity contribution in [3.63, 3.8) is 0 Å². The number of carbonyl (C=O) groups excluding carboxylic acids is 1. The maximum absolute atomic E-state index is 13.3. The van der Waals surface area contributed by atoms with Gasteiger partial charge >= 0.3 is 0 Å². The minimum atomic E-state index is -0.787. The number of aromatic nitrogens is 1. The summed E-state index contributed by atoms with van der Waals surface area (Å²) < 4.78 is 39.0. The molecule has 98 valence electrons. The first kappa shape index (κ1) is 13.1. The number of pyridine rings is 1. The van der Waals surface area contributed by atoms with Gasteiger partial charge in [0.2, 0.25) is 5.95 Å². The van der Waals surface area contributed by atoms with Crippen LogP contribution < -0.4 is 5.32 Å². The molecule has 1 N–H and O–H groups in total. The fraction of sp³-hybridized carbons (Fsp3) is 0.0769. The van der Waals surface area contributed by atoms with E-state index in [2.05, 4.69) is 10.3 Å². The molecule has 0 aliphatic rings. The second kappa shape index (κ2) is 5.51. The van der Waals surface area contributed by atoms with Crippen LogP contribution in [0.15, 0.2) is 36.5 Å². The van der Waals surface area contributed by atoms with Gasteiger partial charge < -0.3 is 5.32 Å². The summed E-state index contributed by atoms with van der Waals surface area (Å²) >= 11 is 0. The van der Waals surface area contributed by atoms with E-state index in [4.69, 9.17) is 0 Å². The topological polar surface area (TPSA) is 42.0 Å². The average molecular weight is 266 g/mol. The Morgan fingerprint density at radius 1 is 1.16 bits per heavy atom. The number of rotatable bonds is 3. The van der Waals surface area contributed by atoms with Crippen LogP contribution in [0.3, 0.4) is 0 Å². The second-order valence-electron chi connectivity index (χ2n) is 3.79. The highest BCUT2D eigenvalue weighted by Crippen LogP contribution is 2.09. The molecule has 0 aliphatic heterocycles. The molecule has 1 heterocycles. The van der Waals surface area contributed by atoms with Crippen molar-refractivity contribution in [1.82, 2.24) is 10.3 Å². The van der Waals surface area contributed by atoms with Crippen LogP contribution in [0, 0.1) is 17.6 Å². The van der Waals surface area contributed by atoms with Gasteiger partial charge in [-0.1, -0.05) is 0 Å². The van der Waals surface area contributed by atoms with Crippen molar-refractivity contribution in [2.24, 2.45) is 0 Å². The maximum Gasteiger partial charge on any atom is 0.251 e. The molecule has 0 bridgehead atoms. The summed E-state index contributed by atoms with van der Waals surface area (Å²) in [7, 11) is 0. The highest BCUT2D eigenvalue weighted by Gasteiger charge is 2.09. The largest absolute Gasteiger partial charge is 0.348 e. The molecule has 1 aromatic carbocycles. The summed E-state index contributed by atoms with van der Waals surface area (Å²) in [6, 6.07) is 5.22. The zero-order valence-corrected chi connectivity index (χ0v) is 9.66. The van der Waals surface area contributed by atoms with Gasteiger partial charge in [0.1, 0.15) is 11.6 Å². The molecule has 19 heavy (non-hydrogen) atoms. The molecule has 0 atom stereocenters. The van der Waals surface area contributed by atoms with Crippen molar-refractivity contribution in [3.05, 3.63) is 65.2 Å². The minimum Gasteiger partial charge on any atom is -0.348 e. The fourth-order valence-corrected chi connectivity index (χ4v) is 1.50. The molecule has 0 spiro atoms. The monoisotopic (exact) mass is 266 g/mol. The number of nitrogens with zero attached hydrogens (tertiary/aromatic N) is 1. The van der Waals surface area contributed by atoms with Crippen LogP contribution in [0.4, 0.5) is 13.2 Å². The fourth-order valence-electron chi connectivity index (χ4n) is 1.50. The van der Waals surface area contributed by atoms with E-state index in [1.165, 1.54) is 6.07 Å². The van der Waals surface area contributed by atoms with Gasteiger partial charge in [0.05, 0.1) is 0 Å². The van der Waals surface area contributed by atoms with Crippen LogP contribution in [0.2, 0.25) is 0 Å². The Kier molecular flexibility index (Phi) is 3.79. The molecule has 2 aromatic rings. The zero-order chi connectivity index (χ0) is 13.8. The van der Waals surface area contributed by atoms with Gasteiger partial charge in [-0.25, -0.2) is 13.8 Å². The lowest BCUT2D eigenvalue weighted by molar-refractivity contribution is 0.0950. The third-order valence-electron chi connectivity index (χ3n) is 2.44. The molecule has 0 radical (unpaired) electrons. The summed E-state index contributed by atoms with van der Waals surface area (Å²) in [6.45, 7) is -0.188. The van der Waals surface area contributed by atoms with E-state index in [-0.39, 0.29) is 17.7 Å². The highest BCUT2D eigenvalue weighted by atomic mass is 19.1. The molecule has 1 amide bonds. The summed E-state index contributed by atoms with van der Waals surface area (Å²) in [5, 5.41) is 2.37. The third-order valence-corrected chi connectivity index (χ3v) is 2.44. The molecule has 2 rings (SSSR count). The van der Waals surface area contributed by atoms with Gasteiger partial charge in [-0.3, -0.25) is 4.79 Å². The first-order chi connectivity index (χ1) is 9.06. The van der Waals surface area contributed by atoms with Gasteiger partial charge in [0.15, 0.2) is 0 Å². The lowest BCUT2D eigenvalue weighted by Gasteiger charge is -2.06. The minimum absolute atomic E-state index is 0.0166. The number of hydrogen-bond donors (Lipinski definition) is 1. The Labute approximate surface area is 107 Å². The first-order valence-corrected chi connectivity index (χ1v) is 5.40. The molecule has 3 nitrogen and oxygen atoms in total. The number of halogens is 3. The van der Waals surface area contributed by atoms with Crippen LogP contribution in [-0.4, -0.2) is 10.9 Å². The van der Waals surface area contributed by atoms with Crippen LogP contribution >= 0.6 is 0 Å². The third kappa shape index (κ3) is 3.31. The van der Waals surface area contributed by atoms with E-state index in [1.54, 1.807) is 0 Å². The van der Waals surface area contributed by atoms with Crippen LogP contribution in [-0.2, 0) is 6.54 Å². The number of amides is 1. The standard InChI is InChI=1S/C13H9F3N2O/c14-10-1-2-11(15)9(5-10)7-18-13(19)8-3-4-17-12(16)6-8/h1-6H,7H2,(H,18,19). The van der Waals surface area contributed by atoms with Crippen molar-refractivity contribution in [1.29, 1.82) is 0 Å². The van der Waals surface area contributed by atoms with E-state index in [9.17, 15) is 18.0 Å². The molecule has 0 saturated heterocycles. The van der Waals surface area contributed by atoms with E-state index in [1.807, 2.05) is 0 Å². The lowest BCUT2D eigenvalue weighted by atomic mass is 10.2. The molecule has 0 aliphatic carbocycles. The second-order valence-corrected chi connectivity index (χ2v) is 3.79. The molecule has 0 saturated carbocycles. The van der Waals surface area contributed by atoms with Crippen molar-refractivity contribution in [2.45, 2.75) is 6.54 Å². The van der Waals surface area contributed by atoms with Crippen molar-refractivity contribution in [3.8, 4) is 0 Å². The van der Waals surface area contributed by atoms with Crippen molar-refractivity contribution < 1.29 is 18.0 Å². The van der Waals surface area contributed by atoms with Gasteiger partial charge in [0.25, 0.3) is 5.91 Å². The Balaban J connectivity index is 2.06. The summed E-state index contributed by atoms with van der Waals surface area (Å²) in [4.78, 5) is 15.0. The number of carbonyl (C=O) groups is 1. The van der Waals surface area contributed by atoms with E-state index < -0.39 is 23.5 Å². The molecule has 1 aromatic heterocycles. The van der Waals surface area contributed by atoms with E-state index >= 15 is 0 Å². The Morgan fingerprint density at radius 3 is 2.68 bits per heavy atom. The lowest BCUT2D eigenvalue weighted by Crippen LogP contribution is -2.23. The number of benzene rings is 1. The van der Waals surface area contributed by atoms with Gasteiger partial charge in [0, 0.05) is 29.9 Å². The maximum atomic E-state index is 13.3. The van der Waals surface area contributed by atoms with Crippen LogP contribution in [0.5, 0.6) is 0 Å². The quantitative estimate of drug-likeness (QED) is 0.867. The molecule has 6 heteroatoms. The summed E-state index contributed by atoms with van der Waals surface area (Å²) in [5.41, 5.74) is 0.0761. The van der Waals surface area contributed by atoms with E-state index in [0.29, 0.717) is 0 Å². The van der Waals surface area contributed by atoms with Crippen molar-refractivity contribution in [2.75, 3.05) is 0 Å². The molecular formula is C13H9F3N2O. The van der Waals surface area contributed by atoms with Crippen molar-refractivity contribution >= 4 is 5.91 Å². The Morgan fingerprint density at radius 2 is 1.95 bits per heavy atom. The van der Waals surface area contributed by atoms with Crippen LogP contribution in [0.25, 0.3) is 0 Å². The summed E-state index contributed by atoms with van der Waals surface area (Å²) in [6.07, 6.45) is 1.15. The molecule has 0 fully saturated rings. The zero-order valence-electron chi connectivity index (χ0n) is 9.66. The Bertz CT molecular complexity index is 617. The molecular weight excluding hydrogens is 257 g/mol. The normalized spacial score (nSPS) is 10.3. The highest BCUT2D eigenvalue weighted by molar-refractivity contribution is 5.93. The van der Waals surface area contributed by atoms with Gasteiger partial charge in [-0.15, -0.1) is 0 Å². The van der Waals surface area contributed by atoms with E-state index in [0.717, 1.165) is 30.5 Å². The first-order valence-electron chi connectivity index (χ1n) is 5.40. The van der Waals surface area contributed by atoms with Gasteiger partial charge in [-0.05, 0) is 24.3 Å². The Hall–Kier alpha value is -2.37. The predicted octanol–water partition coefficient (Wildman–Crippen LogP) is 2.43. The molecule has 0 unspecified atom stereocenters. The number of nitrogens with one attached hydrogen (secondary N) is 1. The summed E-state index contributed by atoms with van der Waals surface area (Å²) in [5.74, 6) is -2.60. The smallest absolute Gasteiger partial charge is 0.251 e. The SMILES string of the molecule is O=C(NCc1cc(F)ccc1F)c1ccnc(F)c1. The van der Waals surface area contributed by atoms with Crippen LogP contribution in [0.1, 0.15) is 15.9 Å².